The fourth-order valence-electron chi connectivity index (χ4n) is 2.00. The normalized spacial score (nSPS) is 12.0. The van der Waals surface area contributed by atoms with E-state index in [1.165, 1.54) is 0 Å². The molecule has 0 fully saturated rings. The third-order valence-corrected chi connectivity index (χ3v) is 3.04. The maximum Gasteiger partial charge on any atom is 0.315 e. The van der Waals surface area contributed by atoms with E-state index in [4.69, 9.17) is 5.11 Å². The third-order valence-electron chi connectivity index (χ3n) is 3.04. The minimum absolute atomic E-state index is 0.0877. The molecule has 0 radical (unpaired) electrons. The number of aromatic nitrogens is 2. The summed E-state index contributed by atoms with van der Waals surface area (Å²) in [5.41, 5.74) is 2.81. The first-order chi connectivity index (χ1) is 10.1. The van der Waals surface area contributed by atoms with Crippen molar-refractivity contribution in [2.45, 2.75) is 19.5 Å². The Balaban J connectivity index is 2.06. The maximum atomic E-state index is 11.7. The van der Waals surface area contributed by atoms with Crippen molar-refractivity contribution in [3.05, 3.63) is 42.1 Å². The number of amides is 2. The van der Waals surface area contributed by atoms with E-state index >= 15 is 0 Å². The first-order valence-corrected chi connectivity index (χ1v) is 6.83. The number of nitrogens with zero attached hydrogens (tertiary/aromatic N) is 2. The molecule has 2 rings (SSSR count). The Morgan fingerprint density at radius 2 is 2.10 bits per heavy atom. The first-order valence-electron chi connectivity index (χ1n) is 6.83. The minimum atomic E-state index is -0.306. The lowest BCUT2D eigenvalue weighted by molar-refractivity contribution is 0.220. The Morgan fingerprint density at radius 3 is 2.76 bits per heavy atom. The molecule has 0 saturated carbocycles. The van der Waals surface area contributed by atoms with E-state index in [9.17, 15) is 4.79 Å². The summed E-state index contributed by atoms with van der Waals surface area (Å²) in [5, 5.41) is 18.8. The molecule has 6 nitrogen and oxygen atoms in total. The van der Waals surface area contributed by atoms with Gasteiger partial charge in [0, 0.05) is 30.9 Å². The number of aliphatic hydroxyl groups is 1. The van der Waals surface area contributed by atoms with E-state index in [2.05, 4.69) is 15.7 Å². The topological polar surface area (TPSA) is 79.2 Å². The zero-order valence-corrected chi connectivity index (χ0v) is 12.2. The molecule has 0 spiro atoms. The number of aliphatic hydroxyl groups excluding tert-OH is 1. The molecule has 6 heteroatoms. The van der Waals surface area contributed by atoms with E-state index in [1.54, 1.807) is 11.6 Å². The second-order valence-corrected chi connectivity index (χ2v) is 4.95. The van der Waals surface area contributed by atoms with Crippen LogP contribution in [0, 0.1) is 0 Å². The predicted molar refractivity (Wildman–Crippen MR) is 80.6 cm³/mol. The van der Waals surface area contributed by atoms with Crippen LogP contribution in [0.15, 0.2) is 36.5 Å². The van der Waals surface area contributed by atoms with Crippen LogP contribution >= 0.6 is 0 Å². The summed E-state index contributed by atoms with van der Waals surface area (Å²) in [6, 6.07) is 9.26. The summed E-state index contributed by atoms with van der Waals surface area (Å²) in [4.78, 5) is 11.7. The van der Waals surface area contributed by atoms with Gasteiger partial charge in [0.25, 0.3) is 0 Å². The van der Waals surface area contributed by atoms with Crippen molar-refractivity contribution in [3.63, 3.8) is 0 Å². The molecule has 0 bridgehead atoms. The molecular weight excluding hydrogens is 268 g/mol. The van der Waals surface area contributed by atoms with Crippen LogP contribution in [0.5, 0.6) is 0 Å². The highest BCUT2D eigenvalue weighted by molar-refractivity contribution is 5.74. The fraction of sp³-hybridized carbons (Fsp3) is 0.333. The largest absolute Gasteiger partial charge is 0.394 e. The zero-order chi connectivity index (χ0) is 15.2. The van der Waals surface area contributed by atoms with Crippen LogP contribution in [0.1, 0.15) is 12.5 Å². The Hall–Kier alpha value is -2.34. The number of carbonyl (C=O) groups is 1. The van der Waals surface area contributed by atoms with Gasteiger partial charge in [-0.25, -0.2) is 4.79 Å². The summed E-state index contributed by atoms with van der Waals surface area (Å²) in [6.45, 7) is 2.02. The number of rotatable bonds is 5. The van der Waals surface area contributed by atoms with Crippen molar-refractivity contribution in [2.24, 2.45) is 7.05 Å². The summed E-state index contributed by atoms with van der Waals surface area (Å²) in [7, 11) is 1.85. The molecule has 0 saturated heterocycles. The fourth-order valence-corrected chi connectivity index (χ4v) is 2.00. The van der Waals surface area contributed by atoms with Gasteiger partial charge >= 0.3 is 6.03 Å². The van der Waals surface area contributed by atoms with Crippen LogP contribution < -0.4 is 10.6 Å². The number of benzene rings is 1. The van der Waals surface area contributed by atoms with Gasteiger partial charge in [-0.15, -0.1) is 0 Å². The average molecular weight is 288 g/mol. The molecule has 112 valence electrons. The molecule has 1 aromatic heterocycles. The number of aryl methyl sites for hydroxylation is 1. The molecule has 1 heterocycles. The van der Waals surface area contributed by atoms with Gasteiger partial charge in [-0.3, -0.25) is 4.68 Å². The van der Waals surface area contributed by atoms with Gasteiger partial charge in [0.05, 0.1) is 18.3 Å². The standard InChI is InChI=1S/C15H20N4O2/c1-11(10-20)17-15(21)16-8-13-9-19(2)18-14(13)12-6-4-3-5-7-12/h3-7,9,11,20H,8,10H2,1-2H3,(H2,16,17,21)/t11-/m0/s1. The molecule has 0 aliphatic heterocycles. The summed E-state index contributed by atoms with van der Waals surface area (Å²) < 4.78 is 1.73. The molecule has 21 heavy (non-hydrogen) atoms. The molecule has 3 N–H and O–H groups in total. The van der Waals surface area contributed by atoms with Crippen molar-refractivity contribution in [1.29, 1.82) is 0 Å². The molecule has 0 aliphatic carbocycles. The Kier molecular flexibility index (Phi) is 4.94. The molecule has 1 aromatic carbocycles. The monoisotopic (exact) mass is 288 g/mol. The number of carbonyl (C=O) groups excluding carboxylic acids is 1. The Bertz CT molecular complexity index is 595. The highest BCUT2D eigenvalue weighted by Gasteiger charge is 2.11. The van der Waals surface area contributed by atoms with Crippen LogP contribution in [-0.4, -0.2) is 33.6 Å². The third kappa shape index (κ3) is 4.06. The van der Waals surface area contributed by atoms with Crippen LogP contribution in [0.4, 0.5) is 4.79 Å². The molecule has 0 aliphatic rings. The van der Waals surface area contributed by atoms with E-state index in [-0.39, 0.29) is 18.7 Å². The zero-order valence-electron chi connectivity index (χ0n) is 12.2. The van der Waals surface area contributed by atoms with Crippen molar-refractivity contribution in [2.75, 3.05) is 6.61 Å². The number of hydrogen-bond acceptors (Lipinski definition) is 3. The predicted octanol–water partition coefficient (Wildman–Crippen LogP) is 1.27. The van der Waals surface area contributed by atoms with Crippen LogP contribution in [0.3, 0.4) is 0 Å². The van der Waals surface area contributed by atoms with Gasteiger partial charge in [0.1, 0.15) is 0 Å². The summed E-state index contributed by atoms with van der Waals surface area (Å²) in [6.07, 6.45) is 1.89. The van der Waals surface area contributed by atoms with E-state index in [0.29, 0.717) is 6.54 Å². The number of nitrogens with one attached hydrogen (secondary N) is 2. The summed E-state index contributed by atoms with van der Waals surface area (Å²) >= 11 is 0. The van der Waals surface area contributed by atoms with Gasteiger partial charge in [-0.2, -0.15) is 5.10 Å². The number of hydrogen-bond donors (Lipinski definition) is 3. The minimum Gasteiger partial charge on any atom is -0.394 e. The lowest BCUT2D eigenvalue weighted by Crippen LogP contribution is -2.41. The lowest BCUT2D eigenvalue weighted by atomic mass is 10.1. The average Bonchev–Trinajstić information content (AvgIpc) is 2.87. The molecule has 1 atom stereocenters. The molecule has 2 amide bonds. The van der Waals surface area contributed by atoms with E-state index in [0.717, 1.165) is 16.8 Å². The Morgan fingerprint density at radius 1 is 1.38 bits per heavy atom. The second kappa shape index (κ2) is 6.90. The van der Waals surface area contributed by atoms with Crippen LogP contribution in [0.2, 0.25) is 0 Å². The van der Waals surface area contributed by atoms with Crippen molar-refractivity contribution in [1.82, 2.24) is 20.4 Å². The smallest absolute Gasteiger partial charge is 0.315 e. The van der Waals surface area contributed by atoms with Crippen molar-refractivity contribution < 1.29 is 9.90 Å². The second-order valence-electron chi connectivity index (χ2n) is 4.95. The highest BCUT2D eigenvalue weighted by atomic mass is 16.3. The van der Waals surface area contributed by atoms with Gasteiger partial charge in [0.2, 0.25) is 0 Å². The first kappa shape index (κ1) is 15.1. The lowest BCUT2D eigenvalue weighted by Gasteiger charge is -2.11. The van der Waals surface area contributed by atoms with E-state index < -0.39 is 0 Å². The maximum absolute atomic E-state index is 11.7. The van der Waals surface area contributed by atoms with Gasteiger partial charge < -0.3 is 15.7 Å². The van der Waals surface area contributed by atoms with Gasteiger partial charge in [-0.1, -0.05) is 30.3 Å². The van der Waals surface area contributed by atoms with Crippen molar-refractivity contribution in [3.8, 4) is 11.3 Å². The van der Waals surface area contributed by atoms with Crippen LogP contribution in [0.25, 0.3) is 11.3 Å². The SMILES string of the molecule is C[C@@H](CO)NC(=O)NCc1cn(C)nc1-c1ccccc1. The Labute approximate surface area is 123 Å². The van der Waals surface area contributed by atoms with Gasteiger partial charge in [0.15, 0.2) is 0 Å². The van der Waals surface area contributed by atoms with Crippen molar-refractivity contribution >= 4 is 6.03 Å². The molecule has 2 aromatic rings. The number of urea groups is 1. The van der Waals surface area contributed by atoms with Crippen LogP contribution in [-0.2, 0) is 13.6 Å². The van der Waals surface area contributed by atoms with Gasteiger partial charge in [-0.05, 0) is 6.92 Å². The quantitative estimate of drug-likeness (QED) is 0.775. The van der Waals surface area contributed by atoms with E-state index in [1.807, 2.05) is 43.6 Å². The molecule has 0 unspecified atom stereocenters. The highest BCUT2D eigenvalue weighted by Crippen LogP contribution is 2.21. The summed E-state index contributed by atoms with van der Waals surface area (Å²) in [5.74, 6) is 0. The molecular formula is C15H20N4O2.